The van der Waals surface area contributed by atoms with Gasteiger partial charge in [0, 0.05) is 57.4 Å². The summed E-state index contributed by atoms with van der Waals surface area (Å²) in [6, 6.07) is 19.1. The third-order valence-corrected chi connectivity index (χ3v) is 6.82. The number of aliphatic hydroxyl groups excluding tert-OH is 1. The molecule has 0 bridgehead atoms. The van der Waals surface area contributed by atoms with E-state index < -0.39 is 0 Å². The highest BCUT2D eigenvalue weighted by molar-refractivity contribution is 6.09. The number of fused-ring (bicyclic) bond motifs is 2. The molecule has 6 rings (SSSR count). The maximum Gasteiger partial charge on any atom is 0.0848 e. The third kappa shape index (κ3) is 3.96. The molecule has 6 nitrogen and oxygen atoms in total. The van der Waals surface area contributed by atoms with Crippen LogP contribution in [-0.4, -0.2) is 65.7 Å². The van der Waals surface area contributed by atoms with E-state index >= 15 is 0 Å². The zero-order valence-electron chi connectivity index (χ0n) is 18.6. The van der Waals surface area contributed by atoms with Gasteiger partial charge in [-0.1, -0.05) is 12.1 Å². The van der Waals surface area contributed by atoms with Crippen molar-refractivity contribution in [2.45, 2.75) is 12.8 Å². The van der Waals surface area contributed by atoms with Crippen LogP contribution in [-0.2, 0) is 12.8 Å². The van der Waals surface area contributed by atoms with E-state index in [1.165, 1.54) is 22.4 Å². The van der Waals surface area contributed by atoms with Gasteiger partial charge in [0.05, 0.1) is 35.1 Å². The van der Waals surface area contributed by atoms with Gasteiger partial charge in [-0.3, -0.25) is 19.9 Å². The Bertz CT molecular complexity index is 1240. The van der Waals surface area contributed by atoms with Crippen molar-refractivity contribution in [2.24, 2.45) is 9.98 Å². The van der Waals surface area contributed by atoms with Crippen molar-refractivity contribution in [3.63, 3.8) is 0 Å². The van der Waals surface area contributed by atoms with E-state index in [4.69, 9.17) is 15.1 Å². The molecule has 4 heterocycles. The van der Waals surface area contributed by atoms with Crippen LogP contribution in [0.25, 0.3) is 0 Å². The molecule has 0 saturated carbocycles. The molecule has 1 saturated heterocycles. The van der Waals surface area contributed by atoms with E-state index in [1.54, 1.807) is 0 Å². The van der Waals surface area contributed by atoms with E-state index in [9.17, 15) is 0 Å². The number of anilines is 1. The molecule has 1 N–H and O–H groups in total. The van der Waals surface area contributed by atoms with Gasteiger partial charge in [0.2, 0.25) is 0 Å². The average Bonchev–Trinajstić information content (AvgIpc) is 3.48. The third-order valence-electron chi connectivity index (χ3n) is 6.82. The number of hydrogen-bond acceptors (Lipinski definition) is 6. The number of pyridine rings is 1. The molecule has 33 heavy (non-hydrogen) atoms. The van der Waals surface area contributed by atoms with Crippen LogP contribution in [0, 0.1) is 0 Å². The summed E-state index contributed by atoms with van der Waals surface area (Å²) in [5.74, 6) is 0. The summed E-state index contributed by atoms with van der Waals surface area (Å²) in [6.45, 7) is 4.99. The topological polar surface area (TPSA) is 64.3 Å². The molecule has 166 valence electrons. The van der Waals surface area contributed by atoms with E-state index in [-0.39, 0.29) is 6.61 Å². The molecular formula is C27H27N5O. The van der Waals surface area contributed by atoms with Crippen LogP contribution in [0.1, 0.15) is 22.4 Å². The molecule has 0 amide bonds. The minimum Gasteiger partial charge on any atom is -0.395 e. The smallest absolute Gasteiger partial charge is 0.0848 e. The number of aliphatic hydroxyl groups is 1. The van der Waals surface area contributed by atoms with Crippen molar-refractivity contribution in [1.82, 2.24) is 9.88 Å². The van der Waals surface area contributed by atoms with E-state index in [1.807, 2.05) is 24.4 Å². The Balaban J connectivity index is 1.16. The summed E-state index contributed by atoms with van der Waals surface area (Å²) in [5.41, 5.74) is 10.2. The molecule has 3 aromatic rings. The normalized spacial score (nSPS) is 17.5. The molecule has 3 aliphatic heterocycles. The van der Waals surface area contributed by atoms with Crippen molar-refractivity contribution in [1.29, 1.82) is 0 Å². The monoisotopic (exact) mass is 437 g/mol. The van der Waals surface area contributed by atoms with Crippen LogP contribution < -0.4 is 4.90 Å². The van der Waals surface area contributed by atoms with Crippen LogP contribution in [0.2, 0.25) is 0 Å². The first-order valence-corrected chi connectivity index (χ1v) is 11.7. The molecule has 1 fully saturated rings. The summed E-state index contributed by atoms with van der Waals surface area (Å²) in [4.78, 5) is 19.0. The molecule has 0 unspecified atom stereocenters. The zero-order chi connectivity index (χ0) is 22.2. The second kappa shape index (κ2) is 8.54. The average molecular weight is 438 g/mol. The van der Waals surface area contributed by atoms with Crippen molar-refractivity contribution >= 4 is 28.5 Å². The SMILES string of the molecule is OCCN1CCN(c2ccc3c(c2)CC(c2ccc4c(c2)CC(c2ccccn2)=N4)=N3)CC1. The second-order valence-corrected chi connectivity index (χ2v) is 8.89. The molecular weight excluding hydrogens is 410 g/mol. The highest BCUT2D eigenvalue weighted by Crippen LogP contribution is 2.35. The summed E-state index contributed by atoms with van der Waals surface area (Å²) < 4.78 is 0. The largest absolute Gasteiger partial charge is 0.395 e. The van der Waals surface area contributed by atoms with E-state index in [2.05, 4.69) is 51.2 Å². The Hall–Kier alpha value is -3.35. The Labute approximate surface area is 194 Å². The summed E-state index contributed by atoms with van der Waals surface area (Å²) in [5, 5.41) is 9.17. The quantitative estimate of drug-likeness (QED) is 0.663. The van der Waals surface area contributed by atoms with E-state index in [0.717, 1.165) is 74.1 Å². The lowest BCUT2D eigenvalue weighted by Crippen LogP contribution is -2.47. The molecule has 0 radical (unpaired) electrons. The Morgan fingerprint density at radius 3 is 2.33 bits per heavy atom. The summed E-state index contributed by atoms with van der Waals surface area (Å²) in [6.07, 6.45) is 3.49. The fourth-order valence-electron chi connectivity index (χ4n) is 4.98. The second-order valence-electron chi connectivity index (χ2n) is 8.89. The number of benzene rings is 2. The van der Waals surface area contributed by atoms with Crippen molar-refractivity contribution in [3.05, 3.63) is 83.2 Å². The standard InChI is InChI=1S/C27H27N5O/c33-14-13-31-9-11-32(12-10-31)22-5-7-24-21(16-22)17-26(29-24)19-4-6-23-20(15-19)18-27(30-23)25-3-1-2-8-28-25/h1-8,15-16,33H,9-14,17-18H2. The Morgan fingerprint density at radius 2 is 1.55 bits per heavy atom. The van der Waals surface area contributed by atoms with Crippen molar-refractivity contribution < 1.29 is 5.11 Å². The minimum absolute atomic E-state index is 0.234. The maximum atomic E-state index is 9.17. The summed E-state index contributed by atoms with van der Waals surface area (Å²) >= 11 is 0. The molecule has 0 spiro atoms. The van der Waals surface area contributed by atoms with Crippen LogP contribution in [0.15, 0.2) is 70.8 Å². The summed E-state index contributed by atoms with van der Waals surface area (Å²) in [7, 11) is 0. The highest BCUT2D eigenvalue weighted by Gasteiger charge is 2.23. The maximum absolute atomic E-state index is 9.17. The predicted molar refractivity (Wildman–Crippen MR) is 133 cm³/mol. The Morgan fingerprint density at radius 1 is 0.788 bits per heavy atom. The molecule has 6 heteroatoms. The lowest BCUT2D eigenvalue weighted by molar-refractivity contribution is 0.189. The minimum atomic E-state index is 0.234. The van der Waals surface area contributed by atoms with Gasteiger partial charge in [-0.25, -0.2) is 0 Å². The molecule has 0 atom stereocenters. The molecule has 1 aromatic heterocycles. The number of aliphatic imine (C=N–C) groups is 2. The zero-order valence-corrected chi connectivity index (χ0v) is 18.6. The Kier molecular flexibility index (Phi) is 5.24. The van der Waals surface area contributed by atoms with E-state index in [0.29, 0.717) is 0 Å². The molecule has 2 aromatic carbocycles. The van der Waals surface area contributed by atoms with Gasteiger partial charge in [0.15, 0.2) is 0 Å². The fourth-order valence-corrected chi connectivity index (χ4v) is 4.98. The number of aromatic nitrogens is 1. The number of rotatable bonds is 5. The van der Waals surface area contributed by atoms with Crippen LogP contribution >= 0.6 is 0 Å². The van der Waals surface area contributed by atoms with Gasteiger partial charge < -0.3 is 10.0 Å². The van der Waals surface area contributed by atoms with Crippen LogP contribution in [0.5, 0.6) is 0 Å². The number of piperazine rings is 1. The first-order chi connectivity index (χ1) is 16.3. The molecule has 0 aliphatic carbocycles. The fraction of sp³-hybridized carbons (Fsp3) is 0.296. The van der Waals surface area contributed by atoms with Crippen LogP contribution in [0.4, 0.5) is 17.1 Å². The van der Waals surface area contributed by atoms with Gasteiger partial charge in [-0.2, -0.15) is 0 Å². The van der Waals surface area contributed by atoms with Crippen LogP contribution in [0.3, 0.4) is 0 Å². The molecule has 3 aliphatic rings. The number of hydrogen-bond donors (Lipinski definition) is 1. The van der Waals surface area contributed by atoms with Gasteiger partial charge in [-0.05, 0) is 59.2 Å². The van der Waals surface area contributed by atoms with Gasteiger partial charge in [-0.15, -0.1) is 0 Å². The highest BCUT2D eigenvalue weighted by atomic mass is 16.3. The van der Waals surface area contributed by atoms with Gasteiger partial charge in [0.1, 0.15) is 0 Å². The predicted octanol–water partition coefficient (Wildman–Crippen LogP) is 3.55. The number of nitrogens with zero attached hydrogens (tertiary/aromatic N) is 5. The lowest BCUT2D eigenvalue weighted by Gasteiger charge is -2.36. The van der Waals surface area contributed by atoms with Crippen molar-refractivity contribution in [3.8, 4) is 0 Å². The first kappa shape index (κ1) is 20.3. The lowest BCUT2D eigenvalue weighted by atomic mass is 9.99. The van der Waals surface area contributed by atoms with Crippen molar-refractivity contribution in [2.75, 3.05) is 44.2 Å². The van der Waals surface area contributed by atoms with Gasteiger partial charge >= 0.3 is 0 Å². The van der Waals surface area contributed by atoms with Gasteiger partial charge in [0.25, 0.3) is 0 Å². The first-order valence-electron chi connectivity index (χ1n) is 11.7. The number of β-amino-alcohol motifs (C(OH)–C–C–N with tert-alkyl or cyclic N) is 1.